The molecule has 0 amide bonds. The molecule has 0 unspecified atom stereocenters. The Labute approximate surface area is 124 Å². The fourth-order valence-corrected chi connectivity index (χ4v) is 1.71. The van der Waals surface area contributed by atoms with Crippen molar-refractivity contribution in [3.8, 4) is 11.5 Å². The van der Waals surface area contributed by atoms with E-state index in [0.29, 0.717) is 40.6 Å². The number of halogens is 1. The molecule has 1 aromatic carbocycles. The van der Waals surface area contributed by atoms with Crippen LogP contribution < -0.4 is 26.1 Å². The Morgan fingerprint density at radius 2 is 1.95 bits per heavy atom. The second-order valence-electron chi connectivity index (χ2n) is 4.54. The van der Waals surface area contributed by atoms with Crippen LogP contribution in [0.5, 0.6) is 11.5 Å². The molecule has 1 aromatic rings. The molecule has 0 aromatic heterocycles. The largest absolute Gasteiger partial charge is 0.495 e. The van der Waals surface area contributed by atoms with Crippen LogP contribution in [0.4, 0.5) is 5.69 Å². The summed E-state index contributed by atoms with van der Waals surface area (Å²) in [6, 6.07) is 3.39. The first-order chi connectivity index (χ1) is 9.51. The Balaban J connectivity index is 3.02. The van der Waals surface area contributed by atoms with Gasteiger partial charge in [-0.15, -0.1) is 0 Å². The Morgan fingerprint density at radius 1 is 1.30 bits per heavy atom. The number of ether oxygens (including phenoxy) is 2. The van der Waals surface area contributed by atoms with E-state index in [1.54, 1.807) is 26.4 Å². The van der Waals surface area contributed by atoms with Crippen LogP contribution in [0.3, 0.4) is 0 Å². The van der Waals surface area contributed by atoms with Gasteiger partial charge in [0, 0.05) is 18.7 Å². The van der Waals surface area contributed by atoms with Crippen LogP contribution in [-0.4, -0.2) is 26.7 Å². The first kappa shape index (κ1) is 16.4. The molecule has 0 heterocycles. The van der Waals surface area contributed by atoms with E-state index in [-0.39, 0.29) is 0 Å². The number of nitrogens with one attached hydrogen (secondary N) is 2. The van der Waals surface area contributed by atoms with Crippen molar-refractivity contribution in [3.63, 3.8) is 0 Å². The third-order valence-electron chi connectivity index (χ3n) is 2.48. The minimum Gasteiger partial charge on any atom is -0.495 e. The van der Waals surface area contributed by atoms with Crippen LogP contribution in [0.1, 0.15) is 13.8 Å². The van der Waals surface area contributed by atoms with E-state index in [9.17, 15) is 0 Å². The molecular formula is C13H21ClN4O2. The summed E-state index contributed by atoms with van der Waals surface area (Å²) < 4.78 is 10.5. The first-order valence-electron chi connectivity index (χ1n) is 6.21. The number of benzene rings is 1. The monoisotopic (exact) mass is 300 g/mol. The van der Waals surface area contributed by atoms with Crippen molar-refractivity contribution >= 4 is 23.2 Å². The van der Waals surface area contributed by atoms with E-state index in [1.165, 1.54) is 0 Å². The van der Waals surface area contributed by atoms with Crippen LogP contribution in [-0.2, 0) is 0 Å². The number of hydrazine groups is 1. The normalized spacial score (nSPS) is 11.4. The summed E-state index contributed by atoms with van der Waals surface area (Å²) in [5.74, 6) is 7.45. The zero-order chi connectivity index (χ0) is 15.1. The standard InChI is InChI=1S/C13H21ClN4O2/c1-8(2)7-16-13(18-15)17-10-6-11(19-3)9(14)5-12(10)20-4/h5-6,8H,7,15H2,1-4H3,(H2,16,17,18). The molecule has 112 valence electrons. The van der Waals surface area contributed by atoms with Crippen molar-refractivity contribution < 1.29 is 9.47 Å². The van der Waals surface area contributed by atoms with Gasteiger partial charge in [0.05, 0.1) is 24.9 Å². The minimum absolute atomic E-state index is 0.432. The number of nitrogens with two attached hydrogens (primary N) is 1. The zero-order valence-corrected chi connectivity index (χ0v) is 12.9. The first-order valence-corrected chi connectivity index (χ1v) is 6.59. The molecule has 0 saturated heterocycles. The van der Waals surface area contributed by atoms with Crippen molar-refractivity contribution in [2.45, 2.75) is 13.8 Å². The Kier molecular flexibility index (Phi) is 6.41. The highest BCUT2D eigenvalue weighted by Gasteiger charge is 2.11. The molecule has 20 heavy (non-hydrogen) atoms. The lowest BCUT2D eigenvalue weighted by atomic mass is 10.2. The topological polar surface area (TPSA) is 80.9 Å². The van der Waals surface area contributed by atoms with Gasteiger partial charge in [-0.05, 0) is 5.92 Å². The van der Waals surface area contributed by atoms with E-state index < -0.39 is 0 Å². The van der Waals surface area contributed by atoms with Crippen LogP contribution in [0.2, 0.25) is 5.02 Å². The van der Waals surface area contributed by atoms with E-state index in [2.05, 4.69) is 29.6 Å². The molecule has 4 N–H and O–H groups in total. The maximum atomic E-state index is 6.05. The summed E-state index contributed by atoms with van der Waals surface area (Å²) in [4.78, 5) is 4.33. The number of guanidine groups is 1. The highest BCUT2D eigenvalue weighted by Crippen LogP contribution is 2.35. The quantitative estimate of drug-likeness (QED) is 0.336. The van der Waals surface area contributed by atoms with Crippen molar-refractivity contribution in [1.82, 2.24) is 5.43 Å². The van der Waals surface area contributed by atoms with Gasteiger partial charge in [0.25, 0.3) is 0 Å². The van der Waals surface area contributed by atoms with Gasteiger partial charge in [-0.2, -0.15) is 0 Å². The molecule has 0 aliphatic heterocycles. The number of anilines is 1. The summed E-state index contributed by atoms with van der Waals surface area (Å²) in [6.45, 7) is 4.80. The van der Waals surface area contributed by atoms with Gasteiger partial charge < -0.3 is 14.8 Å². The number of rotatable bonds is 5. The van der Waals surface area contributed by atoms with Crippen molar-refractivity contribution in [2.75, 3.05) is 26.1 Å². The number of aliphatic imine (C=N–C) groups is 1. The smallest absolute Gasteiger partial charge is 0.210 e. The molecule has 0 aliphatic carbocycles. The van der Waals surface area contributed by atoms with Gasteiger partial charge in [0.1, 0.15) is 11.5 Å². The van der Waals surface area contributed by atoms with E-state index in [4.69, 9.17) is 26.9 Å². The molecular weight excluding hydrogens is 280 g/mol. The predicted molar refractivity (Wildman–Crippen MR) is 82.6 cm³/mol. The molecule has 0 atom stereocenters. The summed E-state index contributed by atoms with van der Waals surface area (Å²) in [7, 11) is 3.11. The molecule has 6 nitrogen and oxygen atoms in total. The van der Waals surface area contributed by atoms with E-state index in [1.807, 2.05) is 0 Å². The van der Waals surface area contributed by atoms with Gasteiger partial charge in [-0.1, -0.05) is 25.4 Å². The molecule has 0 bridgehead atoms. The van der Waals surface area contributed by atoms with Gasteiger partial charge >= 0.3 is 0 Å². The molecule has 1 rings (SSSR count). The lowest BCUT2D eigenvalue weighted by molar-refractivity contribution is 0.405. The average molecular weight is 301 g/mol. The number of methoxy groups -OCH3 is 2. The zero-order valence-electron chi connectivity index (χ0n) is 12.2. The summed E-state index contributed by atoms with van der Waals surface area (Å²) in [6.07, 6.45) is 0. The fraction of sp³-hybridized carbons (Fsp3) is 0.462. The van der Waals surface area contributed by atoms with Gasteiger partial charge in [-0.3, -0.25) is 10.4 Å². The Morgan fingerprint density at radius 3 is 2.45 bits per heavy atom. The molecule has 0 fully saturated rings. The molecule has 0 aliphatic rings. The molecule has 7 heteroatoms. The predicted octanol–water partition coefficient (Wildman–Crippen LogP) is 2.24. The SMILES string of the molecule is COc1cc(NC(=NCC(C)C)NN)c(OC)cc1Cl. The third kappa shape index (κ3) is 4.47. The van der Waals surface area contributed by atoms with Crippen LogP contribution in [0.15, 0.2) is 17.1 Å². The van der Waals surface area contributed by atoms with Gasteiger partial charge in [0.15, 0.2) is 0 Å². The summed E-state index contributed by atoms with van der Waals surface area (Å²) in [5, 5.41) is 3.52. The second-order valence-corrected chi connectivity index (χ2v) is 4.95. The van der Waals surface area contributed by atoms with Gasteiger partial charge in [0.2, 0.25) is 5.96 Å². The van der Waals surface area contributed by atoms with Crippen LogP contribution in [0, 0.1) is 5.92 Å². The summed E-state index contributed by atoms with van der Waals surface area (Å²) in [5.41, 5.74) is 3.18. The van der Waals surface area contributed by atoms with E-state index in [0.717, 1.165) is 0 Å². The Bertz CT molecular complexity index is 478. The lowest BCUT2D eigenvalue weighted by Gasteiger charge is -2.15. The third-order valence-corrected chi connectivity index (χ3v) is 2.77. The highest BCUT2D eigenvalue weighted by molar-refractivity contribution is 6.32. The van der Waals surface area contributed by atoms with Crippen LogP contribution in [0.25, 0.3) is 0 Å². The second kappa shape index (κ2) is 7.81. The van der Waals surface area contributed by atoms with Crippen molar-refractivity contribution in [3.05, 3.63) is 17.2 Å². The maximum absolute atomic E-state index is 6.05. The molecule has 0 spiro atoms. The Hall–Kier alpha value is -1.66. The lowest BCUT2D eigenvalue weighted by Crippen LogP contribution is -2.36. The number of hydrogen-bond acceptors (Lipinski definition) is 4. The van der Waals surface area contributed by atoms with E-state index >= 15 is 0 Å². The number of nitrogens with zero attached hydrogens (tertiary/aromatic N) is 1. The van der Waals surface area contributed by atoms with Crippen LogP contribution >= 0.6 is 11.6 Å². The fourth-order valence-electron chi connectivity index (χ4n) is 1.48. The highest BCUT2D eigenvalue weighted by atomic mass is 35.5. The minimum atomic E-state index is 0.432. The van der Waals surface area contributed by atoms with Gasteiger partial charge in [-0.25, -0.2) is 5.84 Å². The molecule has 0 radical (unpaired) electrons. The number of hydrogen-bond donors (Lipinski definition) is 3. The maximum Gasteiger partial charge on any atom is 0.210 e. The summed E-state index contributed by atoms with van der Waals surface area (Å²) >= 11 is 6.05. The van der Waals surface area contributed by atoms with Crippen molar-refractivity contribution in [1.29, 1.82) is 0 Å². The molecule has 0 saturated carbocycles. The average Bonchev–Trinajstić information content (AvgIpc) is 2.43. The van der Waals surface area contributed by atoms with Crippen molar-refractivity contribution in [2.24, 2.45) is 16.8 Å².